The van der Waals surface area contributed by atoms with Gasteiger partial charge in [0.15, 0.2) is 6.61 Å². The molecule has 0 spiro atoms. The fourth-order valence-corrected chi connectivity index (χ4v) is 6.69. The Morgan fingerprint density at radius 3 is 2.18 bits per heavy atom. The molecule has 0 bridgehead atoms. The molecular formula is C28H29ClF3N7O4S. The molecular weight excluding hydrogens is 623 g/mol. The van der Waals surface area contributed by atoms with Gasteiger partial charge in [-0.3, -0.25) is 4.79 Å². The number of alkyl halides is 3. The van der Waals surface area contributed by atoms with Gasteiger partial charge in [0.25, 0.3) is 5.91 Å². The van der Waals surface area contributed by atoms with E-state index in [-0.39, 0.29) is 17.5 Å². The maximum Gasteiger partial charge on any atom is 0.422 e. The fraction of sp³-hybridized carbons (Fsp3) is 0.429. The number of anilines is 3. The second-order valence-corrected chi connectivity index (χ2v) is 13.8. The minimum Gasteiger partial charge on any atom is -0.454 e. The number of halogens is 4. The first-order valence-electron chi connectivity index (χ1n) is 14.0. The summed E-state index contributed by atoms with van der Waals surface area (Å²) in [5.41, 5.74) is 0.899. The lowest BCUT2D eigenvalue weighted by molar-refractivity contribution is -0.154. The van der Waals surface area contributed by atoms with Gasteiger partial charge in [0.2, 0.25) is 21.9 Å². The van der Waals surface area contributed by atoms with Crippen molar-refractivity contribution >= 4 is 45.1 Å². The third-order valence-corrected chi connectivity index (χ3v) is 10.3. The Balaban J connectivity index is 1.16. The smallest absolute Gasteiger partial charge is 0.422 e. The van der Waals surface area contributed by atoms with Crippen LogP contribution < -0.4 is 20.1 Å². The summed E-state index contributed by atoms with van der Waals surface area (Å²) in [5, 5.41) is 6.64. The molecule has 2 heterocycles. The van der Waals surface area contributed by atoms with E-state index in [0.717, 1.165) is 37.9 Å². The van der Waals surface area contributed by atoms with E-state index in [1.165, 1.54) is 24.3 Å². The summed E-state index contributed by atoms with van der Waals surface area (Å²) < 4.78 is 70.6. The van der Waals surface area contributed by atoms with Crippen molar-refractivity contribution in [3.05, 3.63) is 64.7 Å². The summed E-state index contributed by atoms with van der Waals surface area (Å²) in [5.74, 6) is -0.855. The van der Waals surface area contributed by atoms with E-state index < -0.39 is 45.0 Å². The van der Waals surface area contributed by atoms with E-state index in [1.54, 1.807) is 12.1 Å². The number of rotatable bonds is 12. The second kappa shape index (κ2) is 11.3. The number of nitrogens with zero attached hydrogens (tertiary/aromatic N) is 4. The standard InChI is InChI=1S/C28H29ClF3N7O4S/c29-20-6-4-19(5-7-20)27(12-13-27)37-24-34-23(35-25(36-24)43-17-28(30,31)32)33-21-8-2-18(3-9-21)22(40)38-44(41,42)26(10-11-26)16-39-14-1-15-39/h2-9H,1,10-17H2,(H,38,40)(H2,33,34,35,36,37). The van der Waals surface area contributed by atoms with Crippen LogP contribution in [0, 0.1) is 0 Å². The predicted octanol–water partition coefficient (Wildman–Crippen LogP) is 4.61. The summed E-state index contributed by atoms with van der Waals surface area (Å²) in [7, 11) is -3.88. The van der Waals surface area contributed by atoms with Gasteiger partial charge in [0.1, 0.15) is 4.75 Å². The van der Waals surface area contributed by atoms with Crippen LogP contribution >= 0.6 is 11.6 Å². The second-order valence-electron chi connectivity index (χ2n) is 11.3. The monoisotopic (exact) mass is 651 g/mol. The van der Waals surface area contributed by atoms with Gasteiger partial charge in [-0.25, -0.2) is 13.1 Å². The molecule has 1 aromatic heterocycles. The third kappa shape index (κ3) is 6.84. The summed E-state index contributed by atoms with van der Waals surface area (Å²) in [6, 6.07) is 12.5. The average molecular weight is 652 g/mol. The van der Waals surface area contributed by atoms with Crippen LogP contribution in [0.1, 0.15) is 48.0 Å². The lowest BCUT2D eigenvalue weighted by Crippen LogP contribution is -2.49. The molecule has 2 saturated carbocycles. The van der Waals surface area contributed by atoms with Crippen molar-refractivity contribution < 1.29 is 31.1 Å². The van der Waals surface area contributed by atoms with E-state index in [0.29, 0.717) is 30.1 Å². The fourth-order valence-electron chi connectivity index (χ4n) is 4.99. The maximum atomic E-state index is 13.0. The Morgan fingerprint density at radius 2 is 1.61 bits per heavy atom. The first kappa shape index (κ1) is 30.3. The Bertz CT molecular complexity index is 1650. The summed E-state index contributed by atoms with van der Waals surface area (Å²) >= 11 is 6.01. The van der Waals surface area contributed by atoms with Gasteiger partial charge in [-0.1, -0.05) is 23.7 Å². The molecule has 1 saturated heterocycles. The highest BCUT2D eigenvalue weighted by Gasteiger charge is 2.56. The van der Waals surface area contributed by atoms with Crippen LogP contribution in [0.15, 0.2) is 48.5 Å². The molecule has 3 N–H and O–H groups in total. The topological polar surface area (TPSA) is 138 Å². The molecule has 0 unspecified atom stereocenters. The van der Waals surface area contributed by atoms with Crippen molar-refractivity contribution in [1.82, 2.24) is 24.6 Å². The molecule has 44 heavy (non-hydrogen) atoms. The number of hydrogen-bond donors (Lipinski definition) is 3. The highest BCUT2D eigenvalue weighted by atomic mass is 35.5. The number of nitrogens with one attached hydrogen (secondary N) is 3. The molecule has 0 radical (unpaired) electrons. The molecule has 0 atom stereocenters. The Kier molecular flexibility index (Phi) is 7.82. The van der Waals surface area contributed by atoms with Gasteiger partial charge in [-0.05, 0) is 87.2 Å². The van der Waals surface area contributed by atoms with Crippen LogP contribution in [0.25, 0.3) is 0 Å². The highest BCUT2D eigenvalue weighted by molar-refractivity contribution is 7.91. The van der Waals surface area contributed by atoms with Crippen LogP contribution in [-0.2, 0) is 15.6 Å². The Hall–Kier alpha value is -3.69. The number of aromatic nitrogens is 3. The maximum absolute atomic E-state index is 13.0. The van der Waals surface area contributed by atoms with Crippen LogP contribution in [0.5, 0.6) is 6.01 Å². The average Bonchev–Trinajstić information content (AvgIpc) is 3.87. The zero-order valence-corrected chi connectivity index (χ0v) is 24.9. The molecule has 3 aromatic rings. The third-order valence-electron chi connectivity index (χ3n) is 7.95. The summed E-state index contributed by atoms with van der Waals surface area (Å²) in [6.07, 6.45) is -1.08. The lowest BCUT2D eigenvalue weighted by Gasteiger charge is -2.34. The van der Waals surface area contributed by atoms with Crippen LogP contribution in [-0.4, -0.2) is 71.3 Å². The normalized spacial score (nSPS) is 18.5. The number of amides is 1. The van der Waals surface area contributed by atoms with Gasteiger partial charge >= 0.3 is 12.2 Å². The predicted molar refractivity (Wildman–Crippen MR) is 156 cm³/mol. The number of benzene rings is 2. The molecule has 1 amide bonds. The van der Waals surface area contributed by atoms with Crippen molar-refractivity contribution in [3.63, 3.8) is 0 Å². The van der Waals surface area contributed by atoms with E-state index in [2.05, 4.69) is 35.2 Å². The molecule has 2 aromatic carbocycles. The summed E-state index contributed by atoms with van der Waals surface area (Å²) in [6.45, 7) is 0.538. The Labute approximate surface area is 256 Å². The van der Waals surface area contributed by atoms with Gasteiger partial charge < -0.3 is 20.3 Å². The molecule has 234 valence electrons. The number of hydrogen-bond acceptors (Lipinski definition) is 10. The minimum atomic E-state index is -4.60. The van der Waals surface area contributed by atoms with Gasteiger partial charge in [-0.15, -0.1) is 0 Å². The van der Waals surface area contributed by atoms with Crippen molar-refractivity contribution in [1.29, 1.82) is 0 Å². The van der Waals surface area contributed by atoms with Crippen molar-refractivity contribution in [2.24, 2.45) is 0 Å². The van der Waals surface area contributed by atoms with Crippen LogP contribution in [0.2, 0.25) is 5.02 Å². The van der Waals surface area contributed by atoms with Crippen molar-refractivity contribution in [2.75, 3.05) is 36.9 Å². The highest BCUT2D eigenvalue weighted by Crippen LogP contribution is 2.48. The minimum absolute atomic E-state index is 0.000520. The number of likely N-dealkylation sites (tertiary alicyclic amines) is 1. The van der Waals surface area contributed by atoms with Crippen molar-refractivity contribution in [3.8, 4) is 6.01 Å². The summed E-state index contributed by atoms with van der Waals surface area (Å²) in [4.78, 5) is 27.2. The quantitative estimate of drug-likeness (QED) is 0.255. The van der Waals surface area contributed by atoms with E-state index >= 15 is 0 Å². The number of ether oxygens (including phenoxy) is 1. The van der Waals surface area contributed by atoms with Gasteiger partial charge in [0.05, 0.1) is 5.54 Å². The van der Waals surface area contributed by atoms with E-state index in [9.17, 15) is 26.4 Å². The number of carbonyl (C=O) groups excluding carboxylic acids is 1. The largest absolute Gasteiger partial charge is 0.454 e. The van der Waals surface area contributed by atoms with Gasteiger partial charge in [-0.2, -0.15) is 28.1 Å². The SMILES string of the molecule is O=C(NS(=O)(=O)C1(CN2CCC2)CC1)c1ccc(Nc2nc(NC3(c4ccc(Cl)cc4)CC3)nc(OCC(F)(F)F)n2)cc1. The number of carbonyl (C=O) groups is 1. The van der Waals surface area contributed by atoms with Crippen LogP contribution in [0.4, 0.5) is 30.8 Å². The molecule has 3 fully saturated rings. The molecule has 11 nitrogen and oxygen atoms in total. The zero-order valence-electron chi connectivity index (χ0n) is 23.3. The molecule has 1 aliphatic heterocycles. The first-order chi connectivity index (χ1) is 20.8. The molecule has 16 heteroatoms. The molecule has 2 aliphatic carbocycles. The molecule has 6 rings (SSSR count). The first-order valence-corrected chi connectivity index (χ1v) is 15.9. The molecule has 3 aliphatic rings. The van der Waals surface area contributed by atoms with Crippen LogP contribution in [0.3, 0.4) is 0 Å². The van der Waals surface area contributed by atoms with E-state index in [4.69, 9.17) is 16.3 Å². The van der Waals surface area contributed by atoms with E-state index in [1.807, 2.05) is 12.1 Å². The van der Waals surface area contributed by atoms with Crippen molar-refractivity contribution in [2.45, 2.75) is 48.6 Å². The Morgan fingerprint density at radius 1 is 0.955 bits per heavy atom. The number of sulfonamides is 1. The van der Waals surface area contributed by atoms with Gasteiger partial charge in [0, 0.05) is 22.8 Å². The zero-order chi connectivity index (χ0) is 31.2. The lowest BCUT2D eigenvalue weighted by atomic mass is 10.1.